The number of nitrogens with zero attached hydrogens (tertiary/aromatic N) is 2. The van der Waals surface area contributed by atoms with E-state index >= 15 is 0 Å². The van der Waals surface area contributed by atoms with E-state index in [0.717, 1.165) is 19.6 Å². The van der Waals surface area contributed by atoms with E-state index in [-0.39, 0.29) is 18.1 Å². The van der Waals surface area contributed by atoms with Gasteiger partial charge in [0, 0.05) is 16.3 Å². The van der Waals surface area contributed by atoms with Crippen molar-refractivity contribution >= 4 is 17.2 Å². The van der Waals surface area contributed by atoms with Gasteiger partial charge in [0.2, 0.25) is 5.91 Å². The van der Waals surface area contributed by atoms with Crippen LogP contribution in [0.1, 0.15) is 35.7 Å². The van der Waals surface area contributed by atoms with Crippen LogP contribution in [0, 0.1) is 12.8 Å². The minimum absolute atomic E-state index is 0.0660. The van der Waals surface area contributed by atoms with E-state index < -0.39 is 0 Å². The third-order valence-corrected chi connectivity index (χ3v) is 5.75. The highest BCUT2D eigenvalue weighted by Crippen LogP contribution is 2.32. The smallest absolute Gasteiger partial charge is 0.241 e. The molecule has 3 rings (SSSR count). The summed E-state index contributed by atoms with van der Waals surface area (Å²) in [6.45, 7) is 7.29. The van der Waals surface area contributed by atoms with E-state index in [9.17, 15) is 4.79 Å². The maximum Gasteiger partial charge on any atom is 0.241 e. The fourth-order valence-corrected chi connectivity index (χ4v) is 4.28. The van der Waals surface area contributed by atoms with Crippen LogP contribution in [-0.4, -0.2) is 48.4 Å². The summed E-state index contributed by atoms with van der Waals surface area (Å²) in [6.07, 6.45) is 2.47. The van der Waals surface area contributed by atoms with Crippen molar-refractivity contribution in [1.29, 1.82) is 0 Å². The van der Waals surface area contributed by atoms with Crippen molar-refractivity contribution in [3.05, 3.63) is 21.9 Å². The van der Waals surface area contributed by atoms with Gasteiger partial charge in [0.05, 0.1) is 6.04 Å². The second-order valence-corrected chi connectivity index (χ2v) is 7.80. The van der Waals surface area contributed by atoms with Gasteiger partial charge >= 0.3 is 0 Å². The molecule has 1 N–H and O–H groups in total. The number of aryl methyl sites for hydroxylation is 1. The molecule has 1 amide bonds. The Balaban J connectivity index is 1.72. The third kappa shape index (κ3) is 3.15. The summed E-state index contributed by atoms with van der Waals surface area (Å²) in [5.41, 5.74) is 0. The number of nitrogens with one attached hydrogen (secondary N) is 1. The molecule has 1 aromatic heterocycles. The first-order valence-corrected chi connectivity index (χ1v) is 8.67. The van der Waals surface area contributed by atoms with Crippen LogP contribution in [0.25, 0.3) is 0 Å². The first-order chi connectivity index (χ1) is 10.0. The summed E-state index contributed by atoms with van der Waals surface area (Å²) in [7, 11) is 2.18. The van der Waals surface area contributed by atoms with Crippen LogP contribution in [0.4, 0.5) is 0 Å². The topological polar surface area (TPSA) is 35.6 Å². The maximum atomic E-state index is 12.5. The molecule has 0 spiro atoms. The average Bonchev–Trinajstić information content (AvgIpc) is 3.00. The number of rotatable bonds is 3. The number of hydrogen-bond donors (Lipinski definition) is 1. The molecule has 5 heteroatoms. The fraction of sp³-hybridized carbons (Fsp3) is 0.688. The number of piperidine rings is 1. The van der Waals surface area contributed by atoms with Crippen LogP contribution in [-0.2, 0) is 4.79 Å². The summed E-state index contributed by atoms with van der Waals surface area (Å²) in [5.74, 6) is 0.894. The molecule has 1 aromatic rings. The van der Waals surface area contributed by atoms with Gasteiger partial charge in [-0.1, -0.05) is 0 Å². The molecule has 0 radical (unpaired) electrons. The van der Waals surface area contributed by atoms with Crippen LogP contribution in [0.2, 0.25) is 0 Å². The number of carbonyl (C=O) groups is 1. The van der Waals surface area contributed by atoms with E-state index in [1.165, 1.54) is 22.6 Å². The molecule has 21 heavy (non-hydrogen) atoms. The van der Waals surface area contributed by atoms with E-state index in [0.29, 0.717) is 5.92 Å². The predicted molar refractivity (Wildman–Crippen MR) is 86.3 cm³/mol. The second kappa shape index (κ2) is 6.07. The molecule has 2 saturated heterocycles. The van der Waals surface area contributed by atoms with Crippen molar-refractivity contribution in [2.24, 2.45) is 5.92 Å². The lowest BCUT2D eigenvalue weighted by atomic mass is 9.96. The molecule has 2 aliphatic heterocycles. The number of likely N-dealkylation sites (tertiary alicyclic amines) is 1. The van der Waals surface area contributed by atoms with Gasteiger partial charge in [-0.2, -0.15) is 0 Å². The van der Waals surface area contributed by atoms with Gasteiger partial charge in [-0.25, -0.2) is 0 Å². The zero-order chi connectivity index (χ0) is 15.0. The zero-order valence-electron chi connectivity index (χ0n) is 13.1. The van der Waals surface area contributed by atoms with Crippen molar-refractivity contribution in [1.82, 2.24) is 15.1 Å². The monoisotopic (exact) mass is 307 g/mol. The minimum atomic E-state index is -0.0660. The van der Waals surface area contributed by atoms with Crippen LogP contribution in [0.15, 0.2) is 12.1 Å². The van der Waals surface area contributed by atoms with Crippen LogP contribution < -0.4 is 5.32 Å². The maximum absolute atomic E-state index is 12.5. The Kier molecular flexibility index (Phi) is 4.33. The number of hydrogen-bond acceptors (Lipinski definition) is 4. The minimum Gasteiger partial charge on any atom is -0.320 e. The molecule has 0 saturated carbocycles. The highest BCUT2D eigenvalue weighted by atomic mass is 32.1. The molecule has 0 bridgehead atoms. The Morgan fingerprint density at radius 2 is 2.05 bits per heavy atom. The largest absolute Gasteiger partial charge is 0.320 e. The SMILES string of the molecule is Cc1ccc(C2NC(C)C(=O)N2CC2CCN(C)CC2)s1. The number of thiophene rings is 1. The van der Waals surface area contributed by atoms with Crippen molar-refractivity contribution in [3.8, 4) is 0 Å². The Labute approximate surface area is 131 Å². The molecule has 2 unspecified atom stereocenters. The Morgan fingerprint density at radius 3 is 2.67 bits per heavy atom. The van der Waals surface area contributed by atoms with Crippen LogP contribution in [0.5, 0.6) is 0 Å². The van der Waals surface area contributed by atoms with Crippen LogP contribution in [0.3, 0.4) is 0 Å². The third-order valence-electron chi connectivity index (χ3n) is 4.70. The highest BCUT2D eigenvalue weighted by Gasteiger charge is 2.38. The van der Waals surface area contributed by atoms with Gasteiger partial charge in [0.15, 0.2) is 0 Å². The molecule has 2 fully saturated rings. The number of carbonyl (C=O) groups excluding carboxylic acids is 1. The Hall–Kier alpha value is -0.910. The molecule has 0 aromatic carbocycles. The van der Waals surface area contributed by atoms with E-state index in [4.69, 9.17) is 0 Å². The normalized spacial score (nSPS) is 28.5. The predicted octanol–water partition coefficient (Wildman–Crippen LogP) is 2.22. The zero-order valence-corrected chi connectivity index (χ0v) is 13.9. The summed E-state index contributed by atoms with van der Waals surface area (Å²) >= 11 is 1.79. The fourth-order valence-electron chi connectivity index (χ4n) is 3.33. The molecule has 116 valence electrons. The second-order valence-electron chi connectivity index (χ2n) is 6.48. The average molecular weight is 307 g/mol. The van der Waals surface area contributed by atoms with Crippen molar-refractivity contribution in [2.75, 3.05) is 26.7 Å². The molecule has 2 atom stereocenters. The molecule has 4 nitrogen and oxygen atoms in total. The van der Waals surface area contributed by atoms with Gasteiger partial charge in [0.25, 0.3) is 0 Å². The van der Waals surface area contributed by atoms with Gasteiger partial charge < -0.3 is 9.80 Å². The Morgan fingerprint density at radius 1 is 1.33 bits per heavy atom. The molecular weight excluding hydrogens is 282 g/mol. The number of amides is 1. The van der Waals surface area contributed by atoms with Gasteiger partial charge in [0.1, 0.15) is 6.17 Å². The molecular formula is C16H25N3OS. The summed E-state index contributed by atoms with van der Waals surface area (Å²) in [6, 6.07) is 4.23. The standard InChI is InChI=1S/C16H25N3OS/c1-11-4-5-14(21-11)15-17-12(2)16(20)19(15)10-13-6-8-18(3)9-7-13/h4-5,12-13,15,17H,6-10H2,1-3H3. The van der Waals surface area contributed by atoms with E-state index in [1.807, 2.05) is 6.92 Å². The quantitative estimate of drug-likeness (QED) is 0.930. The first kappa shape index (κ1) is 15.0. The molecule has 0 aliphatic carbocycles. The van der Waals surface area contributed by atoms with Crippen LogP contribution >= 0.6 is 11.3 Å². The highest BCUT2D eigenvalue weighted by molar-refractivity contribution is 7.12. The van der Waals surface area contributed by atoms with Crippen molar-refractivity contribution in [2.45, 2.75) is 38.9 Å². The van der Waals surface area contributed by atoms with Crippen molar-refractivity contribution < 1.29 is 4.79 Å². The lowest BCUT2D eigenvalue weighted by Gasteiger charge is -2.33. The van der Waals surface area contributed by atoms with Gasteiger partial charge in [-0.05, 0) is 64.9 Å². The van der Waals surface area contributed by atoms with E-state index in [2.05, 4.69) is 41.2 Å². The lowest BCUT2D eigenvalue weighted by Crippen LogP contribution is -2.39. The first-order valence-electron chi connectivity index (χ1n) is 7.86. The summed E-state index contributed by atoms with van der Waals surface area (Å²) in [5, 5.41) is 3.46. The van der Waals surface area contributed by atoms with Gasteiger partial charge in [-0.3, -0.25) is 10.1 Å². The summed E-state index contributed by atoms with van der Waals surface area (Å²) < 4.78 is 0. The Bertz CT molecular complexity index is 507. The van der Waals surface area contributed by atoms with Crippen molar-refractivity contribution in [3.63, 3.8) is 0 Å². The molecule has 3 heterocycles. The van der Waals surface area contributed by atoms with E-state index in [1.54, 1.807) is 11.3 Å². The summed E-state index contributed by atoms with van der Waals surface area (Å²) in [4.78, 5) is 19.5. The van der Waals surface area contributed by atoms with Gasteiger partial charge in [-0.15, -0.1) is 11.3 Å². The molecule has 2 aliphatic rings. The lowest BCUT2D eigenvalue weighted by molar-refractivity contribution is -0.130.